The molecule has 0 unspecified atom stereocenters. The number of hydrogen-bond donors (Lipinski definition) is 1. The molecule has 26 heavy (non-hydrogen) atoms. The van der Waals surface area contributed by atoms with Gasteiger partial charge in [0.15, 0.2) is 0 Å². The second kappa shape index (κ2) is 7.39. The molecule has 2 fully saturated rings. The maximum absolute atomic E-state index is 12.3. The predicted octanol–water partition coefficient (Wildman–Crippen LogP) is 3.12. The van der Waals surface area contributed by atoms with Crippen molar-refractivity contribution in [2.24, 2.45) is 5.41 Å². The van der Waals surface area contributed by atoms with Crippen molar-refractivity contribution in [1.29, 1.82) is 0 Å². The molecule has 1 aliphatic carbocycles. The first-order valence-corrected chi connectivity index (χ1v) is 10.0. The number of aromatic nitrogens is 2. The number of carbonyl (C=O) groups excluding carboxylic acids is 1. The van der Waals surface area contributed by atoms with Gasteiger partial charge in [0.2, 0.25) is 5.91 Å². The predicted molar refractivity (Wildman–Crippen MR) is 104 cm³/mol. The third-order valence-corrected chi connectivity index (χ3v) is 5.97. The number of piperidine rings is 1. The van der Waals surface area contributed by atoms with Gasteiger partial charge in [0.1, 0.15) is 0 Å². The molecule has 1 aromatic carbocycles. The van der Waals surface area contributed by atoms with Crippen LogP contribution in [0.1, 0.15) is 44.1 Å². The molecule has 1 saturated heterocycles. The summed E-state index contributed by atoms with van der Waals surface area (Å²) in [5.41, 5.74) is 2.69. The van der Waals surface area contributed by atoms with E-state index in [-0.39, 0.29) is 5.91 Å². The molecule has 1 aliphatic heterocycles. The van der Waals surface area contributed by atoms with Gasteiger partial charge in [0.05, 0.1) is 18.3 Å². The fourth-order valence-corrected chi connectivity index (χ4v) is 4.13. The standard InChI is InChI=1S/C21H30N4O/c1-17-5-6-19-18(13-17)14-23-25(19)12-7-20(26)22-15-21(8-9-21)16-24-10-3-2-4-11-24/h5-6,13-14H,2-4,7-12,15-16H2,1H3,(H,22,26). The van der Waals surface area contributed by atoms with E-state index in [2.05, 4.69) is 40.4 Å². The zero-order valence-corrected chi connectivity index (χ0v) is 15.8. The third kappa shape index (κ3) is 4.09. The van der Waals surface area contributed by atoms with Gasteiger partial charge in [0, 0.05) is 30.3 Å². The first-order chi connectivity index (χ1) is 12.6. The van der Waals surface area contributed by atoms with Gasteiger partial charge < -0.3 is 10.2 Å². The molecule has 4 rings (SSSR count). The van der Waals surface area contributed by atoms with Crippen LogP contribution in [0.15, 0.2) is 24.4 Å². The van der Waals surface area contributed by atoms with Gasteiger partial charge in [-0.3, -0.25) is 9.48 Å². The Kier molecular flexibility index (Phi) is 4.98. The minimum atomic E-state index is 0.144. The Hall–Kier alpha value is -1.88. The third-order valence-electron chi connectivity index (χ3n) is 5.97. The highest BCUT2D eigenvalue weighted by molar-refractivity contribution is 5.80. The number of nitrogens with zero attached hydrogens (tertiary/aromatic N) is 3. The van der Waals surface area contributed by atoms with Gasteiger partial charge in [-0.25, -0.2) is 0 Å². The van der Waals surface area contributed by atoms with E-state index in [1.54, 1.807) is 0 Å². The number of aryl methyl sites for hydroxylation is 2. The fraction of sp³-hybridized carbons (Fsp3) is 0.619. The molecular formula is C21H30N4O. The second-order valence-corrected chi connectivity index (χ2v) is 8.29. The van der Waals surface area contributed by atoms with E-state index in [1.165, 1.54) is 50.8 Å². The van der Waals surface area contributed by atoms with Gasteiger partial charge in [-0.1, -0.05) is 18.1 Å². The van der Waals surface area contributed by atoms with Crippen LogP contribution in [0.3, 0.4) is 0 Å². The quantitative estimate of drug-likeness (QED) is 0.831. The van der Waals surface area contributed by atoms with Gasteiger partial charge in [0.25, 0.3) is 0 Å². The summed E-state index contributed by atoms with van der Waals surface area (Å²) in [7, 11) is 0. The average Bonchev–Trinajstić information content (AvgIpc) is 3.30. The number of carbonyl (C=O) groups is 1. The number of rotatable bonds is 7. The summed E-state index contributed by atoms with van der Waals surface area (Å²) in [4.78, 5) is 14.9. The molecule has 0 bridgehead atoms. The Morgan fingerprint density at radius 3 is 2.81 bits per heavy atom. The van der Waals surface area contributed by atoms with Crippen molar-refractivity contribution in [3.05, 3.63) is 30.0 Å². The summed E-state index contributed by atoms with van der Waals surface area (Å²) in [5, 5.41) is 8.77. The molecule has 1 saturated carbocycles. The molecule has 2 aromatic rings. The lowest BCUT2D eigenvalue weighted by molar-refractivity contribution is -0.121. The molecule has 5 heteroatoms. The van der Waals surface area contributed by atoms with E-state index < -0.39 is 0 Å². The van der Waals surface area contributed by atoms with Crippen molar-refractivity contribution in [1.82, 2.24) is 20.0 Å². The first-order valence-electron chi connectivity index (χ1n) is 10.0. The van der Waals surface area contributed by atoms with Crippen molar-refractivity contribution in [2.45, 2.75) is 52.0 Å². The van der Waals surface area contributed by atoms with E-state index in [0.29, 0.717) is 18.4 Å². The van der Waals surface area contributed by atoms with Crippen LogP contribution in [0, 0.1) is 12.3 Å². The lowest BCUT2D eigenvalue weighted by atomic mass is 10.0. The topological polar surface area (TPSA) is 50.2 Å². The van der Waals surface area contributed by atoms with Gasteiger partial charge in [-0.05, 0) is 57.8 Å². The van der Waals surface area contributed by atoms with Crippen LogP contribution in [0.5, 0.6) is 0 Å². The largest absolute Gasteiger partial charge is 0.355 e. The molecule has 1 aromatic heterocycles. The van der Waals surface area contributed by atoms with Gasteiger partial charge >= 0.3 is 0 Å². The molecule has 2 heterocycles. The molecule has 1 N–H and O–H groups in total. The number of amides is 1. The highest BCUT2D eigenvalue weighted by atomic mass is 16.1. The molecule has 0 spiro atoms. The van der Waals surface area contributed by atoms with Crippen molar-refractivity contribution in [3.8, 4) is 0 Å². The number of benzene rings is 1. The minimum absolute atomic E-state index is 0.144. The summed E-state index contributed by atoms with van der Waals surface area (Å²) in [6.45, 7) is 7.19. The zero-order valence-electron chi connectivity index (χ0n) is 15.8. The lowest BCUT2D eigenvalue weighted by Crippen LogP contribution is -2.40. The Labute approximate surface area is 155 Å². The first kappa shape index (κ1) is 17.5. The molecule has 1 amide bonds. The SMILES string of the molecule is Cc1ccc2c(cnn2CCC(=O)NCC2(CN3CCCCC3)CC2)c1. The van der Waals surface area contributed by atoms with Crippen LogP contribution in [-0.4, -0.2) is 46.8 Å². The maximum atomic E-state index is 12.3. The van der Waals surface area contributed by atoms with Crippen molar-refractivity contribution in [3.63, 3.8) is 0 Å². The van der Waals surface area contributed by atoms with Crippen LogP contribution in [0.25, 0.3) is 10.9 Å². The van der Waals surface area contributed by atoms with Crippen molar-refractivity contribution < 1.29 is 4.79 Å². The molecule has 140 valence electrons. The molecule has 0 atom stereocenters. The van der Waals surface area contributed by atoms with Gasteiger partial charge in [-0.2, -0.15) is 5.10 Å². The van der Waals surface area contributed by atoms with E-state index in [9.17, 15) is 4.79 Å². The summed E-state index contributed by atoms with van der Waals surface area (Å²) < 4.78 is 1.94. The Morgan fingerprint density at radius 1 is 1.23 bits per heavy atom. The van der Waals surface area contributed by atoms with E-state index in [4.69, 9.17) is 0 Å². The smallest absolute Gasteiger partial charge is 0.221 e. The summed E-state index contributed by atoms with van der Waals surface area (Å²) in [5.74, 6) is 0.144. The van der Waals surface area contributed by atoms with Crippen molar-refractivity contribution >= 4 is 16.8 Å². The highest BCUT2D eigenvalue weighted by Crippen LogP contribution is 2.46. The van der Waals surface area contributed by atoms with Crippen LogP contribution in [0.4, 0.5) is 0 Å². The number of likely N-dealkylation sites (tertiary alicyclic amines) is 1. The van der Waals surface area contributed by atoms with E-state index >= 15 is 0 Å². The van der Waals surface area contributed by atoms with Gasteiger partial charge in [-0.15, -0.1) is 0 Å². The molecular weight excluding hydrogens is 324 g/mol. The summed E-state index contributed by atoms with van der Waals surface area (Å²) in [6.07, 6.45) is 8.93. The van der Waals surface area contributed by atoms with Crippen molar-refractivity contribution in [2.75, 3.05) is 26.2 Å². The normalized spacial score (nSPS) is 19.6. The minimum Gasteiger partial charge on any atom is -0.355 e. The zero-order chi connectivity index (χ0) is 18.0. The summed E-state index contributed by atoms with van der Waals surface area (Å²) in [6, 6.07) is 6.32. The van der Waals surface area contributed by atoms with Crippen LogP contribution in [-0.2, 0) is 11.3 Å². The molecule has 5 nitrogen and oxygen atoms in total. The monoisotopic (exact) mass is 354 g/mol. The average molecular weight is 354 g/mol. The Balaban J connectivity index is 1.25. The van der Waals surface area contributed by atoms with E-state index in [0.717, 1.165) is 24.0 Å². The van der Waals surface area contributed by atoms with E-state index in [1.807, 2.05) is 10.9 Å². The summed E-state index contributed by atoms with van der Waals surface area (Å²) >= 11 is 0. The fourth-order valence-electron chi connectivity index (χ4n) is 4.13. The number of fused-ring (bicyclic) bond motifs is 1. The highest BCUT2D eigenvalue weighted by Gasteiger charge is 2.43. The van der Waals surface area contributed by atoms with Crippen LogP contribution in [0.2, 0.25) is 0 Å². The van der Waals surface area contributed by atoms with Crippen LogP contribution < -0.4 is 5.32 Å². The maximum Gasteiger partial charge on any atom is 0.221 e. The Bertz CT molecular complexity index is 771. The second-order valence-electron chi connectivity index (χ2n) is 8.29. The number of hydrogen-bond acceptors (Lipinski definition) is 3. The Morgan fingerprint density at radius 2 is 2.04 bits per heavy atom. The lowest BCUT2D eigenvalue weighted by Gasteiger charge is -2.30. The molecule has 2 aliphatic rings. The number of nitrogens with one attached hydrogen (secondary N) is 1. The molecule has 0 radical (unpaired) electrons. The van der Waals surface area contributed by atoms with Crippen LogP contribution >= 0.6 is 0 Å².